The zero-order valence-corrected chi connectivity index (χ0v) is 18.7. The van der Waals surface area contributed by atoms with E-state index in [0.29, 0.717) is 24.1 Å². The van der Waals surface area contributed by atoms with Gasteiger partial charge >= 0.3 is 0 Å². The van der Waals surface area contributed by atoms with Crippen LogP contribution in [0.3, 0.4) is 0 Å². The summed E-state index contributed by atoms with van der Waals surface area (Å²) in [6.45, 7) is 8.26. The van der Waals surface area contributed by atoms with E-state index in [9.17, 15) is 14.4 Å². The molecule has 0 N–H and O–H groups in total. The molecule has 0 radical (unpaired) electrons. The van der Waals surface area contributed by atoms with E-state index in [0.717, 1.165) is 24.1 Å². The molecular formula is C26H30N2O3. The number of unbranched alkanes of at least 4 members (excludes halogenated alkanes) is 1. The van der Waals surface area contributed by atoms with Gasteiger partial charge in [0.05, 0.1) is 0 Å². The highest BCUT2D eigenvalue weighted by Gasteiger charge is 2.50. The quantitative estimate of drug-likeness (QED) is 0.617. The Balaban J connectivity index is 2.13. The highest BCUT2D eigenvalue weighted by atomic mass is 16.2. The predicted molar refractivity (Wildman–Crippen MR) is 121 cm³/mol. The first-order valence-corrected chi connectivity index (χ1v) is 10.8. The summed E-state index contributed by atoms with van der Waals surface area (Å²) in [5, 5.41) is 0. The van der Waals surface area contributed by atoms with Crippen LogP contribution < -0.4 is 0 Å². The molecule has 1 aliphatic rings. The molecule has 5 nitrogen and oxygen atoms in total. The van der Waals surface area contributed by atoms with E-state index in [2.05, 4.69) is 6.92 Å². The second-order valence-electron chi connectivity index (χ2n) is 8.30. The smallest absolute Gasteiger partial charge is 0.261 e. The van der Waals surface area contributed by atoms with E-state index >= 15 is 0 Å². The number of benzene rings is 2. The van der Waals surface area contributed by atoms with Crippen molar-refractivity contribution in [3.8, 4) is 0 Å². The van der Waals surface area contributed by atoms with Crippen molar-refractivity contribution in [2.45, 2.75) is 52.5 Å². The Morgan fingerprint density at radius 1 is 0.935 bits per heavy atom. The van der Waals surface area contributed by atoms with Crippen LogP contribution in [0.1, 0.15) is 67.7 Å². The first-order valence-electron chi connectivity index (χ1n) is 10.8. The molecule has 1 heterocycles. The van der Waals surface area contributed by atoms with Crippen LogP contribution in [0.25, 0.3) is 0 Å². The molecule has 0 saturated carbocycles. The van der Waals surface area contributed by atoms with Crippen LogP contribution in [0.5, 0.6) is 0 Å². The number of hydrogen-bond donors (Lipinski definition) is 0. The van der Waals surface area contributed by atoms with Gasteiger partial charge in [-0.05, 0) is 51.5 Å². The summed E-state index contributed by atoms with van der Waals surface area (Å²) in [4.78, 5) is 44.0. The van der Waals surface area contributed by atoms with Crippen molar-refractivity contribution in [3.63, 3.8) is 0 Å². The van der Waals surface area contributed by atoms with Gasteiger partial charge in [-0.1, -0.05) is 55.3 Å². The molecule has 0 aliphatic carbocycles. The fraction of sp³-hybridized carbons (Fsp3) is 0.346. The lowest BCUT2D eigenvalue weighted by Gasteiger charge is -2.46. The van der Waals surface area contributed by atoms with E-state index in [1.54, 1.807) is 60.4 Å². The number of nitrogens with zero attached hydrogens (tertiary/aromatic N) is 2. The van der Waals surface area contributed by atoms with Crippen LogP contribution in [0.2, 0.25) is 0 Å². The molecule has 0 aromatic heterocycles. The summed E-state index contributed by atoms with van der Waals surface area (Å²) >= 11 is 0. The van der Waals surface area contributed by atoms with Gasteiger partial charge in [-0.3, -0.25) is 19.3 Å². The molecule has 31 heavy (non-hydrogen) atoms. The van der Waals surface area contributed by atoms with Crippen LogP contribution in [0, 0.1) is 0 Å². The van der Waals surface area contributed by atoms with E-state index in [1.807, 2.05) is 26.0 Å². The Morgan fingerprint density at radius 3 is 1.87 bits per heavy atom. The number of carbonyl (C=O) groups excluding carboxylic acids is 3. The lowest BCUT2D eigenvalue weighted by atomic mass is 9.84. The Bertz CT molecular complexity index is 946. The number of rotatable bonds is 6. The number of allylic oxidation sites excluding steroid dienone is 1. The van der Waals surface area contributed by atoms with E-state index in [4.69, 9.17) is 0 Å². The van der Waals surface area contributed by atoms with Gasteiger partial charge in [0.1, 0.15) is 5.54 Å². The van der Waals surface area contributed by atoms with Crippen LogP contribution in [0.15, 0.2) is 71.9 Å². The molecule has 3 amide bonds. The third-order valence-electron chi connectivity index (χ3n) is 6.01. The largest absolute Gasteiger partial charge is 0.314 e. The highest BCUT2D eigenvalue weighted by molar-refractivity contribution is 6.14. The van der Waals surface area contributed by atoms with Gasteiger partial charge < -0.3 is 4.90 Å². The van der Waals surface area contributed by atoms with Crippen LogP contribution in [-0.2, 0) is 4.79 Å². The lowest BCUT2D eigenvalue weighted by molar-refractivity contribution is -0.140. The van der Waals surface area contributed by atoms with E-state index in [-0.39, 0.29) is 5.91 Å². The maximum absolute atomic E-state index is 13.8. The Hall–Kier alpha value is -3.21. The Labute approximate surface area is 184 Å². The van der Waals surface area contributed by atoms with Gasteiger partial charge in [-0.25, -0.2) is 0 Å². The average molecular weight is 419 g/mol. The third kappa shape index (κ3) is 4.31. The first-order chi connectivity index (χ1) is 14.8. The number of hydrogen-bond acceptors (Lipinski definition) is 3. The topological polar surface area (TPSA) is 57.7 Å². The molecule has 2 aromatic rings. The van der Waals surface area contributed by atoms with Crippen LogP contribution in [-0.4, -0.2) is 39.6 Å². The van der Waals surface area contributed by atoms with Crippen molar-refractivity contribution in [2.75, 3.05) is 6.54 Å². The fourth-order valence-corrected chi connectivity index (χ4v) is 4.11. The molecule has 162 valence electrons. The average Bonchev–Trinajstić information content (AvgIpc) is 2.79. The van der Waals surface area contributed by atoms with Gasteiger partial charge in [0.15, 0.2) is 0 Å². The summed E-state index contributed by atoms with van der Waals surface area (Å²) in [6, 6.07) is 17.4. The minimum Gasteiger partial charge on any atom is -0.314 e. The van der Waals surface area contributed by atoms with Gasteiger partial charge in [-0.2, -0.15) is 0 Å². The summed E-state index contributed by atoms with van der Waals surface area (Å²) in [5.74, 6) is -1.14. The zero-order chi connectivity index (χ0) is 22.6. The summed E-state index contributed by atoms with van der Waals surface area (Å²) in [5.41, 5.74) is 1.37. The predicted octanol–water partition coefficient (Wildman–Crippen LogP) is 5.05. The summed E-state index contributed by atoms with van der Waals surface area (Å²) in [7, 11) is 0. The van der Waals surface area contributed by atoms with Gasteiger partial charge in [-0.15, -0.1) is 0 Å². The van der Waals surface area contributed by atoms with E-state index in [1.165, 1.54) is 4.90 Å². The van der Waals surface area contributed by atoms with Crippen molar-refractivity contribution in [1.29, 1.82) is 0 Å². The second kappa shape index (κ2) is 9.29. The van der Waals surface area contributed by atoms with Crippen molar-refractivity contribution in [2.24, 2.45) is 0 Å². The zero-order valence-electron chi connectivity index (χ0n) is 18.7. The normalized spacial score (nSPS) is 18.8. The molecule has 2 aromatic carbocycles. The van der Waals surface area contributed by atoms with E-state index < -0.39 is 17.4 Å². The fourth-order valence-electron chi connectivity index (χ4n) is 4.11. The number of amides is 3. The van der Waals surface area contributed by atoms with Crippen LogP contribution in [0.4, 0.5) is 0 Å². The molecule has 0 spiro atoms. The maximum atomic E-state index is 13.8. The molecular weight excluding hydrogens is 388 g/mol. The molecule has 0 saturated heterocycles. The number of carbonyl (C=O) groups is 3. The Morgan fingerprint density at radius 2 is 1.42 bits per heavy atom. The van der Waals surface area contributed by atoms with Gasteiger partial charge in [0.25, 0.3) is 17.7 Å². The highest BCUT2D eigenvalue weighted by Crippen LogP contribution is 2.36. The lowest BCUT2D eigenvalue weighted by Crippen LogP contribution is -2.63. The molecule has 5 heteroatoms. The Kier molecular flexibility index (Phi) is 6.74. The second-order valence-corrected chi connectivity index (χ2v) is 8.30. The van der Waals surface area contributed by atoms with Gasteiger partial charge in [0.2, 0.25) is 0 Å². The molecule has 1 unspecified atom stereocenters. The molecule has 0 fully saturated rings. The SMILES string of the molecule is CCCCN1C(=O)C(C)(N(C(=O)c2ccccc2)C(=O)c2ccccc2)CC(C)=C1C. The monoisotopic (exact) mass is 418 g/mol. The van der Waals surface area contributed by atoms with Crippen molar-refractivity contribution in [1.82, 2.24) is 9.80 Å². The summed E-state index contributed by atoms with van der Waals surface area (Å²) in [6.07, 6.45) is 2.12. The minimum absolute atomic E-state index is 0.211. The molecule has 1 aliphatic heterocycles. The van der Waals surface area contributed by atoms with Crippen molar-refractivity contribution in [3.05, 3.63) is 83.1 Å². The standard InChI is InChI=1S/C26H30N2O3/c1-5-6-17-27-20(3)19(2)18-26(4,25(27)31)28(23(29)21-13-9-7-10-14-21)24(30)22-15-11-8-12-16-22/h7-16H,5-6,17-18H2,1-4H3. The molecule has 0 bridgehead atoms. The van der Waals surface area contributed by atoms with Crippen molar-refractivity contribution >= 4 is 17.7 Å². The molecule has 3 rings (SSSR count). The maximum Gasteiger partial charge on any atom is 0.261 e. The van der Waals surface area contributed by atoms with Crippen LogP contribution >= 0.6 is 0 Å². The summed E-state index contributed by atoms with van der Waals surface area (Å²) < 4.78 is 0. The van der Waals surface area contributed by atoms with Crippen molar-refractivity contribution < 1.29 is 14.4 Å². The molecule has 1 atom stereocenters. The first kappa shape index (κ1) is 22.5. The third-order valence-corrected chi connectivity index (χ3v) is 6.01. The van der Waals surface area contributed by atoms with Gasteiger partial charge in [0, 0.05) is 29.8 Å². The minimum atomic E-state index is -1.31. The number of imide groups is 1.